The fraction of sp³-hybridized carbons (Fsp3) is 0.615. The highest BCUT2D eigenvalue weighted by Crippen LogP contribution is 2.33. The van der Waals surface area contributed by atoms with Crippen LogP contribution in [0.5, 0.6) is 0 Å². The Bertz CT molecular complexity index is 362. The summed E-state index contributed by atoms with van der Waals surface area (Å²) in [6.07, 6.45) is 7.16. The van der Waals surface area contributed by atoms with Crippen molar-refractivity contribution in [1.29, 1.82) is 0 Å². The molecule has 1 spiro atoms. The first-order valence-corrected chi connectivity index (χ1v) is 6.38. The molecule has 1 aromatic rings. The lowest BCUT2D eigenvalue weighted by molar-refractivity contribution is -0.0138. The van der Waals surface area contributed by atoms with E-state index >= 15 is 0 Å². The summed E-state index contributed by atoms with van der Waals surface area (Å²) in [5.41, 5.74) is 1.17. The molecule has 4 heteroatoms. The summed E-state index contributed by atoms with van der Waals surface area (Å²) in [5, 5.41) is 6.93. The molecule has 0 bridgehead atoms. The minimum atomic E-state index is 0.0815. The number of hydrogen-bond acceptors (Lipinski definition) is 4. The molecular weight excluding hydrogens is 214 g/mol. The number of hydrogen-bond donors (Lipinski definition) is 2. The zero-order valence-electron chi connectivity index (χ0n) is 9.98. The van der Waals surface area contributed by atoms with Gasteiger partial charge in [0.1, 0.15) is 0 Å². The van der Waals surface area contributed by atoms with Crippen LogP contribution in [0.4, 0.5) is 5.69 Å². The van der Waals surface area contributed by atoms with Gasteiger partial charge in [-0.05, 0) is 37.9 Å². The third-order valence-electron chi connectivity index (χ3n) is 3.67. The number of nitrogens with zero attached hydrogens (tertiary/aromatic N) is 1. The Balaban J connectivity index is 1.60. The van der Waals surface area contributed by atoms with Crippen molar-refractivity contribution in [3.05, 3.63) is 24.5 Å². The number of aromatic nitrogens is 1. The molecule has 2 atom stereocenters. The van der Waals surface area contributed by atoms with Gasteiger partial charge >= 0.3 is 0 Å². The lowest BCUT2D eigenvalue weighted by atomic mass is 9.90. The molecule has 0 aromatic carbocycles. The van der Waals surface area contributed by atoms with Crippen LogP contribution in [-0.4, -0.2) is 36.3 Å². The number of pyridine rings is 1. The molecule has 3 rings (SSSR count). The summed E-state index contributed by atoms with van der Waals surface area (Å²) in [7, 11) is 0. The van der Waals surface area contributed by atoms with Gasteiger partial charge in [-0.3, -0.25) is 4.98 Å². The van der Waals surface area contributed by atoms with Gasteiger partial charge in [-0.2, -0.15) is 0 Å². The maximum Gasteiger partial charge on any atom is 0.0828 e. The number of nitrogens with one attached hydrogen (secondary N) is 2. The Kier molecular flexibility index (Phi) is 2.99. The second kappa shape index (κ2) is 4.63. The summed E-state index contributed by atoms with van der Waals surface area (Å²) >= 11 is 0. The van der Waals surface area contributed by atoms with Crippen LogP contribution in [0.25, 0.3) is 0 Å². The average molecular weight is 233 g/mol. The Morgan fingerprint density at radius 3 is 3.29 bits per heavy atom. The van der Waals surface area contributed by atoms with Crippen molar-refractivity contribution in [3.8, 4) is 0 Å². The minimum absolute atomic E-state index is 0.0815. The number of ether oxygens (including phenoxy) is 1. The first-order chi connectivity index (χ1) is 8.36. The van der Waals surface area contributed by atoms with Gasteiger partial charge < -0.3 is 15.4 Å². The molecule has 2 aliphatic heterocycles. The van der Waals surface area contributed by atoms with Crippen molar-refractivity contribution < 1.29 is 4.74 Å². The highest BCUT2D eigenvalue weighted by Gasteiger charge is 2.41. The predicted molar refractivity (Wildman–Crippen MR) is 67.1 cm³/mol. The zero-order valence-corrected chi connectivity index (χ0v) is 9.98. The van der Waals surface area contributed by atoms with Crippen LogP contribution in [0.15, 0.2) is 24.5 Å². The molecule has 0 radical (unpaired) electrons. The second-order valence-electron chi connectivity index (χ2n) is 5.06. The number of anilines is 1. The fourth-order valence-electron chi connectivity index (χ4n) is 2.86. The van der Waals surface area contributed by atoms with Crippen LogP contribution in [0.3, 0.4) is 0 Å². The quantitative estimate of drug-likeness (QED) is 0.810. The van der Waals surface area contributed by atoms with Crippen molar-refractivity contribution in [1.82, 2.24) is 10.3 Å². The molecule has 0 aliphatic carbocycles. The van der Waals surface area contributed by atoms with Crippen LogP contribution in [0, 0.1) is 0 Å². The fourth-order valence-corrected chi connectivity index (χ4v) is 2.86. The van der Waals surface area contributed by atoms with Crippen molar-refractivity contribution in [2.75, 3.05) is 25.0 Å². The van der Waals surface area contributed by atoms with Crippen molar-refractivity contribution in [2.45, 2.75) is 30.9 Å². The standard InChI is InChI=1S/C13H19N3O/c1-3-11(8-14-5-1)16-12-7-13(17-9-12)4-2-6-15-10-13/h1,3,5,8,12,15-16H,2,4,6-7,9-10H2/t12-,13+/m1/s1. The molecule has 92 valence electrons. The Morgan fingerprint density at radius 2 is 2.53 bits per heavy atom. The molecule has 2 fully saturated rings. The van der Waals surface area contributed by atoms with E-state index in [1.54, 1.807) is 6.20 Å². The molecule has 2 saturated heterocycles. The molecule has 17 heavy (non-hydrogen) atoms. The molecule has 3 heterocycles. The van der Waals surface area contributed by atoms with E-state index in [1.807, 2.05) is 12.3 Å². The van der Waals surface area contributed by atoms with E-state index in [2.05, 4.69) is 21.7 Å². The molecule has 0 saturated carbocycles. The second-order valence-corrected chi connectivity index (χ2v) is 5.06. The molecule has 0 amide bonds. The van der Waals surface area contributed by atoms with Crippen molar-refractivity contribution >= 4 is 5.69 Å². The highest BCUT2D eigenvalue weighted by molar-refractivity contribution is 5.41. The van der Waals surface area contributed by atoms with E-state index in [0.717, 1.165) is 31.8 Å². The highest BCUT2D eigenvalue weighted by atomic mass is 16.5. The molecule has 2 aliphatic rings. The lowest BCUT2D eigenvalue weighted by Gasteiger charge is -2.33. The van der Waals surface area contributed by atoms with Crippen LogP contribution in [0.2, 0.25) is 0 Å². The maximum absolute atomic E-state index is 6.02. The molecular formula is C13H19N3O. The van der Waals surface area contributed by atoms with E-state index in [-0.39, 0.29) is 5.60 Å². The first kappa shape index (κ1) is 11.0. The molecule has 0 unspecified atom stereocenters. The van der Waals surface area contributed by atoms with E-state index in [0.29, 0.717) is 6.04 Å². The Labute approximate surface area is 102 Å². The summed E-state index contributed by atoms with van der Waals surface area (Å²) < 4.78 is 6.02. The zero-order chi connectivity index (χ0) is 11.6. The van der Waals surface area contributed by atoms with Crippen LogP contribution in [0.1, 0.15) is 19.3 Å². The Morgan fingerprint density at radius 1 is 1.53 bits per heavy atom. The van der Waals surface area contributed by atoms with Gasteiger partial charge in [0, 0.05) is 18.9 Å². The summed E-state index contributed by atoms with van der Waals surface area (Å²) in [6.45, 7) is 2.93. The smallest absolute Gasteiger partial charge is 0.0828 e. The summed E-state index contributed by atoms with van der Waals surface area (Å²) in [6, 6.07) is 4.42. The van der Waals surface area contributed by atoms with Gasteiger partial charge in [-0.25, -0.2) is 0 Å². The van der Waals surface area contributed by atoms with Gasteiger partial charge in [0.2, 0.25) is 0 Å². The van der Waals surface area contributed by atoms with Crippen molar-refractivity contribution in [2.24, 2.45) is 0 Å². The van der Waals surface area contributed by atoms with Gasteiger partial charge in [0.15, 0.2) is 0 Å². The van der Waals surface area contributed by atoms with E-state index in [9.17, 15) is 0 Å². The first-order valence-electron chi connectivity index (χ1n) is 6.38. The van der Waals surface area contributed by atoms with Gasteiger partial charge in [0.05, 0.1) is 23.9 Å². The summed E-state index contributed by atoms with van der Waals surface area (Å²) in [5.74, 6) is 0. The summed E-state index contributed by atoms with van der Waals surface area (Å²) in [4.78, 5) is 4.12. The third kappa shape index (κ3) is 2.42. The lowest BCUT2D eigenvalue weighted by Crippen LogP contribution is -2.45. The Hall–Kier alpha value is -1.13. The largest absolute Gasteiger partial charge is 0.379 e. The van der Waals surface area contributed by atoms with Crippen LogP contribution < -0.4 is 10.6 Å². The van der Waals surface area contributed by atoms with Gasteiger partial charge in [-0.1, -0.05) is 0 Å². The van der Waals surface area contributed by atoms with Crippen LogP contribution >= 0.6 is 0 Å². The van der Waals surface area contributed by atoms with E-state index in [4.69, 9.17) is 4.74 Å². The average Bonchev–Trinajstić information content (AvgIpc) is 2.74. The topological polar surface area (TPSA) is 46.2 Å². The molecule has 4 nitrogen and oxygen atoms in total. The van der Waals surface area contributed by atoms with E-state index < -0.39 is 0 Å². The van der Waals surface area contributed by atoms with Crippen LogP contribution in [-0.2, 0) is 4.74 Å². The number of rotatable bonds is 2. The molecule has 2 N–H and O–H groups in total. The monoisotopic (exact) mass is 233 g/mol. The normalized spacial score (nSPS) is 32.8. The molecule has 1 aromatic heterocycles. The van der Waals surface area contributed by atoms with Gasteiger partial charge in [-0.15, -0.1) is 0 Å². The SMILES string of the molecule is c1cncc(N[C@H]2CO[C@@]3(CCCNC3)C2)c1. The van der Waals surface area contributed by atoms with Gasteiger partial charge in [0.25, 0.3) is 0 Å². The van der Waals surface area contributed by atoms with Crippen molar-refractivity contribution in [3.63, 3.8) is 0 Å². The van der Waals surface area contributed by atoms with E-state index in [1.165, 1.54) is 12.8 Å². The maximum atomic E-state index is 6.02. The third-order valence-corrected chi connectivity index (χ3v) is 3.67. The number of piperidine rings is 1. The minimum Gasteiger partial charge on any atom is -0.379 e. The predicted octanol–water partition coefficient (Wildman–Crippen LogP) is 1.40.